The summed E-state index contributed by atoms with van der Waals surface area (Å²) in [6.45, 7) is 7.34. The molecule has 0 bridgehead atoms. The van der Waals surface area contributed by atoms with Gasteiger partial charge in [-0.15, -0.1) is 0 Å². The van der Waals surface area contributed by atoms with Crippen molar-refractivity contribution in [1.29, 1.82) is 0 Å². The number of hydrazone groups is 1. The van der Waals surface area contributed by atoms with Crippen molar-refractivity contribution in [2.45, 2.75) is 34.1 Å². The molecular weight excluding hydrogens is 278 g/mol. The van der Waals surface area contributed by atoms with E-state index in [0.717, 1.165) is 5.69 Å². The highest BCUT2D eigenvalue weighted by Gasteiger charge is 2.21. The highest BCUT2D eigenvalue weighted by atomic mass is 16.2. The summed E-state index contributed by atoms with van der Waals surface area (Å²) in [6.07, 6.45) is 0.239. The summed E-state index contributed by atoms with van der Waals surface area (Å²) < 4.78 is 0. The number of carbonyl (C=O) groups excluding carboxylic acids is 2. The van der Waals surface area contributed by atoms with Gasteiger partial charge in [-0.2, -0.15) is 5.10 Å². The summed E-state index contributed by atoms with van der Waals surface area (Å²) in [7, 11) is 3.88. The van der Waals surface area contributed by atoms with Gasteiger partial charge in [0.25, 0.3) is 5.91 Å². The Bertz CT molecular complexity index is 567. The molecule has 5 heteroatoms. The molecule has 0 unspecified atom stereocenters. The second-order valence-corrected chi connectivity index (χ2v) is 6.58. The molecule has 0 fully saturated rings. The smallest absolute Gasteiger partial charge is 0.271 e. The van der Waals surface area contributed by atoms with Crippen molar-refractivity contribution < 1.29 is 9.59 Å². The molecule has 0 atom stereocenters. The normalized spacial score (nSPS) is 12.0. The molecular formula is C17H25N3O2. The van der Waals surface area contributed by atoms with Crippen molar-refractivity contribution in [2.75, 3.05) is 19.0 Å². The number of anilines is 1. The van der Waals surface area contributed by atoms with Crippen molar-refractivity contribution in [2.24, 2.45) is 10.5 Å². The highest BCUT2D eigenvalue weighted by molar-refractivity contribution is 6.03. The lowest BCUT2D eigenvalue weighted by atomic mass is 9.88. The molecule has 0 aliphatic rings. The molecule has 1 rings (SSSR count). The highest BCUT2D eigenvalue weighted by Crippen LogP contribution is 2.17. The number of rotatable bonds is 5. The first-order valence-corrected chi connectivity index (χ1v) is 7.25. The van der Waals surface area contributed by atoms with Crippen LogP contribution in [-0.4, -0.2) is 31.5 Å². The van der Waals surface area contributed by atoms with Crippen molar-refractivity contribution in [1.82, 2.24) is 5.43 Å². The van der Waals surface area contributed by atoms with E-state index in [9.17, 15) is 9.59 Å². The Balaban J connectivity index is 2.65. The van der Waals surface area contributed by atoms with Gasteiger partial charge in [0.05, 0.1) is 0 Å². The van der Waals surface area contributed by atoms with Gasteiger partial charge in [-0.1, -0.05) is 20.8 Å². The third-order valence-corrected chi connectivity index (χ3v) is 3.25. The molecule has 5 nitrogen and oxygen atoms in total. The SMILES string of the molecule is CC(CC(=O)C(C)(C)C)=NNC(=O)c1ccc(N(C)C)cc1. The van der Waals surface area contributed by atoms with Crippen molar-refractivity contribution in [3.63, 3.8) is 0 Å². The second-order valence-electron chi connectivity index (χ2n) is 6.58. The predicted octanol–water partition coefficient (Wildman–Crippen LogP) is 2.86. The molecule has 1 amide bonds. The minimum Gasteiger partial charge on any atom is -0.378 e. The zero-order valence-corrected chi connectivity index (χ0v) is 14.2. The maximum atomic E-state index is 12.0. The zero-order chi connectivity index (χ0) is 16.9. The fraction of sp³-hybridized carbons (Fsp3) is 0.471. The summed E-state index contributed by atoms with van der Waals surface area (Å²) in [5.41, 5.74) is 4.24. The van der Waals surface area contributed by atoms with Crippen molar-refractivity contribution >= 4 is 23.1 Å². The Hall–Kier alpha value is -2.17. The number of carbonyl (C=O) groups is 2. The lowest BCUT2D eigenvalue weighted by molar-refractivity contribution is -0.125. The van der Waals surface area contributed by atoms with Gasteiger partial charge in [0.15, 0.2) is 0 Å². The first kappa shape index (κ1) is 17.9. The van der Waals surface area contributed by atoms with Gasteiger partial charge >= 0.3 is 0 Å². The molecule has 0 aliphatic heterocycles. The summed E-state index contributed by atoms with van der Waals surface area (Å²) in [6, 6.07) is 7.23. The lowest BCUT2D eigenvalue weighted by Gasteiger charge is -2.16. The van der Waals surface area contributed by atoms with E-state index in [1.807, 2.05) is 51.9 Å². The third-order valence-electron chi connectivity index (χ3n) is 3.25. The fourth-order valence-corrected chi connectivity index (χ4v) is 1.66. The molecule has 1 aromatic rings. The van der Waals surface area contributed by atoms with E-state index in [-0.39, 0.29) is 18.1 Å². The van der Waals surface area contributed by atoms with Crippen LogP contribution in [-0.2, 0) is 4.79 Å². The van der Waals surface area contributed by atoms with Crippen LogP contribution in [0.4, 0.5) is 5.69 Å². The van der Waals surface area contributed by atoms with E-state index in [0.29, 0.717) is 11.3 Å². The van der Waals surface area contributed by atoms with Crippen LogP contribution in [0, 0.1) is 5.41 Å². The van der Waals surface area contributed by atoms with E-state index >= 15 is 0 Å². The van der Waals surface area contributed by atoms with Gasteiger partial charge in [0, 0.05) is 42.9 Å². The summed E-state index contributed by atoms with van der Waals surface area (Å²) in [5, 5.41) is 4.00. The van der Waals surface area contributed by atoms with Crippen LogP contribution in [0.2, 0.25) is 0 Å². The monoisotopic (exact) mass is 303 g/mol. The van der Waals surface area contributed by atoms with Crippen LogP contribution in [0.15, 0.2) is 29.4 Å². The molecule has 0 saturated heterocycles. The quantitative estimate of drug-likeness (QED) is 0.672. The zero-order valence-electron chi connectivity index (χ0n) is 14.2. The molecule has 1 N–H and O–H groups in total. The fourth-order valence-electron chi connectivity index (χ4n) is 1.66. The van der Waals surface area contributed by atoms with Crippen LogP contribution in [0.25, 0.3) is 0 Å². The standard InChI is InChI=1S/C17H25N3O2/c1-12(11-15(21)17(2,3)4)18-19-16(22)13-7-9-14(10-8-13)20(5)6/h7-10H,11H2,1-6H3,(H,19,22). The molecule has 1 aromatic carbocycles. The summed E-state index contributed by atoms with van der Waals surface area (Å²) >= 11 is 0. The number of hydrogen-bond donors (Lipinski definition) is 1. The number of amides is 1. The molecule has 0 heterocycles. The Labute approximate surface area is 132 Å². The largest absolute Gasteiger partial charge is 0.378 e. The van der Waals surface area contributed by atoms with E-state index in [1.54, 1.807) is 19.1 Å². The number of ketones is 1. The molecule has 0 radical (unpaired) electrons. The van der Waals surface area contributed by atoms with Crippen LogP contribution in [0.3, 0.4) is 0 Å². The maximum absolute atomic E-state index is 12.0. The van der Waals surface area contributed by atoms with E-state index in [1.165, 1.54) is 0 Å². The number of Topliss-reactive ketones (excluding diaryl/α,β-unsaturated/α-hetero) is 1. The number of nitrogens with one attached hydrogen (secondary N) is 1. The summed E-state index contributed by atoms with van der Waals surface area (Å²) in [5.74, 6) is -0.189. The average Bonchev–Trinajstić information content (AvgIpc) is 2.43. The Morgan fingerprint density at radius 3 is 2.14 bits per heavy atom. The van der Waals surface area contributed by atoms with Gasteiger partial charge in [-0.3, -0.25) is 9.59 Å². The van der Waals surface area contributed by atoms with Crippen LogP contribution < -0.4 is 10.3 Å². The second kappa shape index (κ2) is 7.20. The third kappa shape index (κ3) is 5.31. The van der Waals surface area contributed by atoms with Crippen LogP contribution in [0.1, 0.15) is 44.5 Å². The predicted molar refractivity (Wildman–Crippen MR) is 90.4 cm³/mol. The van der Waals surface area contributed by atoms with Gasteiger partial charge in [-0.25, -0.2) is 5.43 Å². The molecule has 22 heavy (non-hydrogen) atoms. The van der Waals surface area contributed by atoms with E-state index in [4.69, 9.17) is 0 Å². The van der Waals surface area contributed by atoms with Gasteiger partial charge in [-0.05, 0) is 31.2 Å². The number of benzene rings is 1. The van der Waals surface area contributed by atoms with E-state index < -0.39 is 5.41 Å². The van der Waals surface area contributed by atoms with Gasteiger partial charge < -0.3 is 4.90 Å². The Morgan fingerprint density at radius 2 is 1.68 bits per heavy atom. The van der Waals surface area contributed by atoms with E-state index in [2.05, 4.69) is 10.5 Å². The van der Waals surface area contributed by atoms with Crippen molar-refractivity contribution in [3.8, 4) is 0 Å². The van der Waals surface area contributed by atoms with Crippen LogP contribution in [0.5, 0.6) is 0 Å². The minimum atomic E-state index is -0.400. The number of nitrogens with zero attached hydrogens (tertiary/aromatic N) is 2. The first-order valence-electron chi connectivity index (χ1n) is 7.25. The topological polar surface area (TPSA) is 61.8 Å². The minimum absolute atomic E-state index is 0.0957. The van der Waals surface area contributed by atoms with Gasteiger partial charge in [0.2, 0.25) is 0 Å². The maximum Gasteiger partial charge on any atom is 0.271 e. The van der Waals surface area contributed by atoms with Gasteiger partial charge in [0.1, 0.15) is 5.78 Å². The van der Waals surface area contributed by atoms with Crippen molar-refractivity contribution in [3.05, 3.63) is 29.8 Å². The Kier molecular flexibility index (Phi) is 5.85. The molecule has 0 aromatic heterocycles. The average molecular weight is 303 g/mol. The number of hydrogen-bond acceptors (Lipinski definition) is 4. The molecule has 120 valence electrons. The first-order chi connectivity index (χ1) is 10.1. The molecule has 0 saturated carbocycles. The Morgan fingerprint density at radius 1 is 1.14 bits per heavy atom. The molecule has 0 spiro atoms. The summed E-state index contributed by atoms with van der Waals surface area (Å²) in [4.78, 5) is 25.8. The molecule has 0 aliphatic carbocycles. The van der Waals surface area contributed by atoms with Crippen LogP contribution >= 0.6 is 0 Å². The lowest BCUT2D eigenvalue weighted by Crippen LogP contribution is -2.24.